The fraction of sp³-hybridized carbons (Fsp3) is 0.222. The molecule has 136 valence electrons. The third-order valence-electron chi connectivity index (χ3n) is 4.09. The van der Waals surface area contributed by atoms with Crippen LogP contribution < -0.4 is 0 Å². The number of thiophene rings is 1. The minimum Gasteiger partial charge on any atom is -0.503 e. The van der Waals surface area contributed by atoms with Crippen LogP contribution in [0.4, 0.5) is 0 Å². The molecule has 1 aliphatic heterocycles. The molecule has 3 rings (SSSR count). The van der Waals surface area contributed by atoms with Crippen molar-refractivity contribution in [2.24, 2.45) is 0 Å². The molecule has 1 amide bonds. The predicted octanol–water partition coefficient (Wildman–Crippen LogP) is 4.28. The largest absolute Gasteiger partial charge is 0.503 e. The van der Waals surface area contributed by atoms with Crippen LogP contribution >= 0.6 is 34.5 Å². The lowest BCUT2D eigenvalue weighted by Crippen LogP contribution is -2.34. The van der Waals surface area contributed by atoms with E-state index >= 15 is 0 Å². The number of methoxy groups -OCH3 is 1. The van der Waals surface area contributed by atoms with Crippen molar-refractivity contribution in [2.45, 2.75) is 6.04 Å². The van der Waals surface area contributed by atoms with Gasteiger partial charge in [-0.1, -0.05) is 35.3 Å². The topological polar surface area (TPSA) is 66.8 Å². The van der Waals surface area contributed by atoms with E-state index < -0.39 is 17.7 Å². The quantitative estimate of drug-likeness (QED) is 0.720. The Kier molecular flexibility index (Phi) is 5.67. The standard InChI is InChI=1S/C18H15Cl2NO4S/c1-25-7-6-21-15(10-4-5-11(19)12(20)9-10)14(17(23)18(21)24)16(22)13-3-2-8-26-13/h2-5,8-9,15,23H,6-7H2,1H3. The summed E-state index contributed by atoms with van der Waals surface area (Å²) in [6.07, 6.45) is 0. The monoisotopic (exact) mass is 411 g/mol. The van der Waals surface area contributed by atoms with Crippen molar-refractivity contribution in [1.82, 2.24) is 4.90 Å². The number of hydrogen-bond acceptors (Lipinski definition) is 5. The summed E-state index contributed by atoms with van der Waals surface area (Å²) in [5.41, 5.74) is 0.625. The van der Waals surface area contributed by atoms with E-state index in [1.54, 1.807) is 35.7 Å². The van der Waals surface area contributed by atoms with Gasteiger partial charge in [-0.05, 0) is 29.1 Å². The number of benzene rings is 1. The van der Waals surface area contributed by atoms with Crippen molar-refractivity contribution in [1.29, 1.82) is 0 Å². The average molecular weight is 412 g/mol. The fourth-order valence-corrected chi connectivity index (χ4v) is 3.86. The summed E-state index contributed by atoms with van der Waals surface area (Å²) in [6.45, 7) is 0.475. The van der Waals surface area contributed by atoms with Gasteiger partial charge in [-0.2, -0.15) is 0 Å². The van der Waals surface area contributed by atoms with Gasteiger partial charge in [0.1, 0.15) is 0 Å². The zero-order chi connectivity index (χ0) is 18.8. The van der Waals surface area contributed by atoms with Gasteiger partial charge in [0.05, 0.1) is 33.1 Å². The van der Waals surface area contributed by atoms with E-state index in [4.69, 9.17) is 27.9 Å². The van der Waals surface area contributed by atoms with E-state index in [2.05, 4.69) is 0 Å². The van der Waals surface area contributed by atoms with Gasteiger partial charge in [-0.15, -0.1) is 11.3 Å². The number of halogens is 2. The summed E-state index contributed by atoms with van der Waals surface area (Å²) in [4.78, 5) is 27.4. The molecule has 0 bridgehead atoms. The maximum atomic E-state index is 12.9. The molecule has 0 radical (unpaired) electrons. The molecule has 26 heavy (non-hydrogen) atoms. The molecular weight excluding hydrogens is 397 g/mol. The summed E-state index contributed by atoms with van der Waals surface area (Å²) in [5, 5.41) is 12.9. The molecule has 0 aliphatic carbocycles. The molecule has 1 aliphatic rings. The molecule has 1 aromatic carbocycles. The first kappa shape index (κ1) is 18.9. The molecule has 2 aromatic rings. The van der Waals surface area contributed by atoms with Gasteiger partial charge in [0.2, 0.25) is 5.78 Å². The molecule has 0 spiro atoms. The van der Waals surface area contributed by atoms with Crippen molar-refractivity contribution < 1.29 is 19.4 Å². The number of rotatable bonds is 6. The number of carbonyl (C=O) groups is 2. The summed E-state index contributed by atoms with van der Waals surface area (Å²) in [6, 6.07) is 7.52. The summed E-state index contributed by atoms with van der Waals surface area (Å²) in [5.74, 6) is -1.55. The maximum absolute atomic E-state index is 12.9. The molecule has 0 fully saturated rings. The maximum Gasteiger partial charge on any atom is 0.290 e. The van der Waals surface area contributed by atoms with Crippen LogP contribution in [-0.2, 0) is 9.53 Å². The first-order valence-electron chi connectivity index (χ1n) is 7.72. The summed E-state index contributed by atoms with van der Waals surface area (Å²) in [7, 11) is 1.51. The Morgan fingerprint density at radius 2 is 2.08 bits per heavy atom. The summed E-state index contributed by atoms with van der Waals surface area (Å²) < 4.78 is 5.06. The number of nitrogens with zero attached hydrogens (tertiary/aromatic N) is 1. The van der Waals surface area contributed by atoms with Crippen molar-refractivity contribution in [3.63, 3.8) is 0 Å². The molecule has 8 heteroatoms. The first-order valence-corrected chi connectivity index (χ1v) is 9.35. The fourth-order valence-electron chi connectivity index (χ4n) is 2.88. The zero-order valence-corrected chi connectivity index (χ0v) is 16.1. The van der Waals surface area contributed by atoms with E-state index in [-0.39, 0.29) is 24.5 Å². The van der Waals surface area contributed by atoms with Crippen LogP contribution in [0.15, 0.2) is 47.0 Å². The van der Waals surface area contributed by atoms with Crippen LogP contribution in [0.2, 0.25) is 10.0 Å². The van der Waals surface area contributed by atoms with Crippen molar-refractivity contribution in [3.05, 3.63) is 67.5 Å². The van der Waals surface area contributed by atoms with E-state index in [1.165, 1.54) is 23.3 Å². The number of ether oxygens (including phenoxy) is 1. The number of aliphatic hydroxyl groups is 1. The van der Waals surface area contributed by atoms with Crippen molar-refractivity contribution in [2.75, 3.05) is 20.3 Å². The molecule has 0 saturated heterocycles. The Morgan fingerprint density at radius 1 is 1.31 bits per heavy atom. The van der Waals surface area contributed by atoms with Crippen LogP contribution in [0.3, 0.4) is 0 Å². The van der Waals surface area contributed by atoms with E-state index in [0.717, 1.165) is 0 Å². The lowest BCUT2D eigenvalue weighted by Gasteiger charge is -2.26. The highest BCUT2D eigenvalue weighted by Gasteiger charge is 2.43. The van der Waals surface area contributed by atoms with E-state index in [9.17, 15) is 14.7 Å². The highest BCUT2D eigenvalue weighted by atomic mass is 35.5. The third kappa shape index (κ3) is 3.38. The second-order valence-electron chi connectivity index (χ2n) is 5.64. The molecule has 2 heterocycles. The zero-order valence-electron chi connectivity index (χ0n) is 13.7. The number of Topliss-reactive ketones (excluding diaryl/α,β-unsaturated/α-hetero) is 1. The smallest absolute Gasteiger partial charge is 0.290 e. The summed E-state index contributed by atoms with van der Waals surface area (Å²) >= 11 is 13.4. The van der Waals surface area contributed by atoms with Crippen molar-refractivity contribution in [3.8, 4) is 0 Å². The van der Waals surface area contributed by atoms with Crippen LogP contribution in [0.5, 0.6) is 0 Å². The van der Waals surface area contributed by atoms with Gasteiger partial charge >= 0.3 is 0 Å². The van der Waals surface area contributed by atoms with E-state index in [0.29, 0.717) is 20.5 Å². The average Bonchev–Trinajstić information content (AvgIpc) is 3.24. The highest BCUT2D eigenvalue weighted by molar-refractivity contribution is 7.12. The molecule has 1 atom stereocenters. The normalized spacial score (nSPS) is 17.3. The molecule has 5 nitrogen and oxygen atoms in total. The van der Waals surface area contributed by atoms with E-state index in [1.807, 2.05) is 0 Å². The van der Waals surface area contributed by atoms with Crippen LogP contribution in [0.1, 0.15) is 21.3 Å². The van der Waals surface area contributed by atoms with Crippen LogP contribution in [0.25, 0.3) is 0 Å². The van der Waals surface area contributed by atoms with Crippen LogP contribution in [0, 0.1) is 0 Å². The van der Waals surface area contributed by atoms with Gasteiger partial charge in [-0.25, -0.2) is 0 Å². The van der Waals surface area contributed by atoms with Crippen molar-refractivity contribution >= 4 is 46.2 Å². The predicted molar refractivity (Wildman–Crippen MR) is 101 cm³/mol. The third-order valence-corrected chi connectivity index (χ3v) is 5.70. The second-order valence-corrected chi connectivity index (χ2v) is 7.40. The van der Waals surface area contributed by atoms with Gasteiger partial charge in [0.15, 0.2) is 5.76 Å². The Labute approximate surface area is 164 Å². The number of amides is 1. The molecule has 1 unspecified atom stereocenters. The number of carbonyl (C=O) groups excluding carboxylic acids is 2. The Bertz CT molecular complexity index is 879. The van der Waals surface area contributed by atoms with Gasteiger partial charge in [0.25, 0.3) is 5.91 Å². The SMILES string of the molecule is COCCN1C(=O)C(O)=C(C(=O)c2cccs2)C1c1ccc(Cl)c(Cl)c1. The minimum absolute atomic E-state index is 0.0342. The molecule has 1 aromatic heterocycles. The Morgan fingerprint density at radius 3 is 2.69 bits per heavy atom. The number of aliphatic hydroxyl groups excluding tert-OH is 1. The Balaban J connectivity index is 2.10. The first-order chi connectivity index (χ1) is 12.5. The lowest BCUT2D eigenvalue weighted by molar-refractivity contribution is -0.130. The minimum atomic E-state index is -0.762. The van der Waals surface area contributed by atoms with Gasteiger partial charge < -0.3 is 14.7 Å². The molecule has 1 N–H and O–H groups in total. The van der Waals surface area contributed by atoms with Gasteiger partial charge in [-0.3, -0.25) is 9.59 Å². The highest BCUT2D eigenvalue weighted by Crippen LogP contribution is 2.40. The molecular formula is C18H15Cl2NO4S. The number of ketones is 1. The van der Waals surface area contributed by atoms with Crippen LogP contribution in [-0.4, -0.2) is 42.0 Å². The lowest BCUT2D eigenvalue weighted by atomic mass is 9.95. The molecule has 0 saturated carbocycles. The number of hydrogen-bond donors (Lipinski definition) is 1. The second kappa shape index (κ2) is 7.80. The Hall–Kier alpha value is -1.86. The van der Waals surface area contributed by atoms with Gasteiger partial charge in [0, 0.05) is 13.7 Å².